The van der Waals surface area contributed by atoms with Crippen molar-refractivity contribution in [3.05, 3.63) is 36.4 Å². The standard InChI is InChI=1S/C16H20O2/c1-3-11-17-15-10-9-13-7-5-6-8-14(13)16(15)18-12-4-2/h5-10H,3-4,11-12H2,1-2H3. The van der Waals surface area contributed by atoms with E-state index in [1.54, 1.807) is 0 Å². The zero-order valence-corrected chi connectivity index (χ0v) is 11.1. The third-order valence-electron chi connectivity index (χ3n) is 2.76. The molecule has 0 aromatic heterocycles. The highest BCUT2D eigenvalue weighted by Gasteiger charge is 2.09. The second-order valence-electron chi connectivity index (χ2n) is 4.31. The molecule has 2 rings (SSSR count). The predicted molar refractivity (Wildman–Crippen MR) is 75.5 cm³/mol. The van der Waals surface area contributed by atoms with E-state index in [1.807, 2.05) is 18.2 Å². The van der Waals surface area contributed by atoms with E-state index < -0.39 is 0 Å². The fraction of sp³-hybridized carbons (Fsp3) is 0.375. The van der Waals surface area contributed by atoms with Crippen LogP contribution in [0, 0.1) is 0 Å². The largest absolute Gasteiger partial charge is 0.490 e. The molecule has 0 N–H and O–H groups in total. The van der Waals surface area contributed by atoms with Gasteiger partial charge in [0.15, 0.2) is 11.5 Å². The quantitative estimate of drug-likeness (QED) is 0.749. The van der Waals surface area contributed by atoms with Gasteiger partial charge in [-0.25, -0.2) is 0 Å². The van der Waals surface area contributed by atoms with Gasteiger partial charge in [0, 0.05) is 5.39 Å². The molecule has 0 amide bonds. The first-order valence-corrected chi connectivity index (χ1v) is 6.64. The Hall–Kier alpha value is -1.70. The fourth-order valence-corrected chi connectivity index (χ4v) is 1.90. The van der Waals surface area contributed by atoms with Crippen LogP contribution in [0.15, 0.2) is 36.4 Å². The Balaban J connectivity index is 2.41. The van der Waals surface area contributed by atoms with Gasteiger partial charge in [0.1, 0.15) is 0 Å². The second kappa shape index (κ2) is 6.29. The van der Waals surface area contributed by atoms with Gasteiger partial charge in [-0.3, -0.25) is 0 Å². The van der Waals surface area contributed by atoms with Crippen molar-refractivity contribution < 1.29 is 9.47 Å². The van der Waals surface area contributed by atoms with Crippen molar-refractivity contribution >= 4 is 10.8 Å². The molecular formula is C16H20O2. The van der Waals surface area contributed by atoms with Gasteiger partial charge in [0.2, 0.25) is 0 Å². The summed E-state index contributed by atoms with van der Waals surface area (Å²) in [6, 6.07) is 12.3. The van der Waals surface area contributed by atoms with Crippen molar-refractivity contribution in [1.82, 2.24) is 0 Å². The van der Waals surface area contributed by atoms with Crippen LogP contribution < -0.4 is 9.47 Å². The SMILES string of the molecule is CCCOc1ccc2ccccc2c1OCCC. The summed E-state index contributed by atoms with van der Waals surface area (Å²) in [6.45, 7) is 5.66. The summed E-state index contributed by atoms with van der Waals surface area (Å²) in [5.41, 5.74) is 0. The van der Waals surface area contributed by atoms with Crippen LogP contribution in [0.25, 0.3) is 10.8 Å². The van der Waals surface area contributed by atoms with E-state index in [1.165, 1.54) is 5.39 Å². The summed E-state index contributed by atoms with van der Waals surface area (Å²) in [4.78, 5) is 0. The molecule has 0 spiro atoms. The first-order valence-electron chi connectivity index (χ1n) is 6.64. The topological polar surface area (TPSA) is 18.5 Å². The minimum absolute atomic E-state index is 0.719. The minimum Gasteiger partial charge on any atom is -0.490 e. The molecule has 2 heteroatoms. The Labute approximate surface area is 109 Å². The number of ether oxygens (including phenoxy) is 2. The number of rotatable bonds is 6. The van der Waals surface area contributed by atoms with Crippen LogP contribution in [-0.2, 0) is 0 Å². The predicted octanol–water partition coefficient (Wildman–Crippen LogP) is 4.42. The van der Waals surface area contributed by atoms with Crippen molar-refractivity contribution in [2.45, 2.75) is 26.7 Å². The monoisotopic (exact) mass is 244 g/mol. The van der Waals surface area contributed by atoms with Crippen molar-refractivity contribution in [3.63, 3.8) is 0 Å². The lowest BCUT2D eigenvalue weighted by atomic mass is 10.1. The van der Waals surface area contributed by atoms with Crippen LogP contribution in [-0.4, -0.2) is 13.2 Å². The molecule has 2 nitrogen and oxygen atoms in total. The first-order chi connectivity index (χ1) is 8.86. The van der Waals surface area contributed by atoms with E-state index in [9.17, 15) is 0 Å². The molecule has 0 heterocycles. The van der Waals surface area contributed by atoms with E-state index in [0.717, 1.165) is 42.9 Å². The molecule has 2 aromatic rings. The van der Waals surface area contributed by atoms with Crippen LogP contribution >= 0.6 is 0 Å². The third-order valence-corrected chi connectivity index (χ3v) is 2.76. The zero-order chi connectivity index (χ0) is 12.8. The Morgan fingerprint density at radius 1 is 0.833 bits per heavy atom. The van der Waals surface area contributed by atoms with E-state index in [2.05, 4.69) is 32.0 Å². The lowest BCUT2D eigenvalue weighted by Gasteiger charge is -2.14. The summed E-state index contributed by atoms with van der Waals surface area (Å²) in [5, 5.41) is 2.31. The smallest absolute Gasteiger partial charge is 0.168 e. The summed E-state index contributed by atoms with van der Waals surface area (Å²) in [7, 11) is 0. The van der Waals surface area contributed by atoms with E-state index >= 15 is 0 Å². The molecule has 0 aliphatic carbocycles. The van der Waals surface area contributed by atoms with Gasteiger partial charge in [0.25, 0.3) is 0 Å². The Kier molecular flexibility index (Phi) is 4.46. The summed E-state index contributed by atoms with van der Waals surface area (Å²) >= 11 is 0. The van der Waals surface area contributed by atoms with Crippen LogP contribution in [0.2, 0.25) is 0 Å². The normalized spacial score (nSPS) is 10.6. The Morgan fingerprint density at radius 2 is 1.56 bits per heavy atom. The molecular weight excluding hydrogens is 224 g/mol. The van der Waals surface area contributed by atoms with Gasteiger partial charge in [-0.05, 0) is 24.3 Å². The summed E-state index contributed by atoms with van der Waals surface area (Å²) < 4.78 is 11.6. The zero-order valence-electron chi connectivity index (χ0n) is 11.1. The number of hydrogen-bond acceptors (Lipinski definition) is 2. The number of benzene rings is 2. The molecule has 0 saturated carbocycles. The van der Waals surface area contributed by atoms with E-state index in [-0.39, 0.29) is 0 Å². The molecule has 2 aromatic carbocycles. The van der Waals surface area contributed by atoms with E-state index in [0.29, 0.717) is 0 Å². The lowest BCUT2D eigenvalue weighted by molar-refractivity contribution is 0.271. The van der Waals surface area contributed by atoms with Crippen LogP contribution in [0.1, 0.15) is 26.7 Å². The molecule has 0 fully saturated rings. The maximum absolute atomic E-state index is 5.87. The highest BCUT2D eigenvalue weighted by atomic mass is 16.5. The average molecular weight is 244 g/mol. The molecule has 0 radical (unpaired) electrons. The molecule has 0 aliphatic rings. The van der Waals surface area contributed by atoms with Gasteiger partial charge in [-0.1, -0.05) is 44.2 Å². The molecule has 0 bridgehead atoms. The van der Waals surface area contributed by atoms with Crippen molar-refractivity contribution in [2.75, 3.05) is 13.2 Å². The molecule has 18 heavy (non-hydrogen) atoms. The van der Waals surface area contributed by atoms with Crippen LogP contribution in [0.4, 0.5) is 0 Å². The van der Waals surface area contributed by atoms with Gasteiger partial charge in [-0.15, -0.1) is 0 Å². The first kappa shape index (κ1) is 12.7. The summed E-state index contributed by atoms with van der Waals surface area (Å²) in [6.07, 6.45) is 2.00. The van der Waals surface area contributed by atoms with Crippen LogP contribution in [0.3, 0.4) is 0 Å². The van der Waals surface area contributed by atoms with Crippen molar-refractivity contribution in [2.24, 2.45) is 0 Å². The Morgan fingerprint density at radius 3 is 2.33 bits per heavy atom. The molecule has 0 atom stereocenters. The number of fused-ring (bicyclic) bond motifs is 1. The second-order valence-corrected chi connectivity index (χ2v) is 4.31. The molecule has 0 unspecified atom stereocenters. The van der Waals surface area contributed by atoms with Crippen LogP contribution in [0.5, 0.6) is 11.5 Å². The van der Waals surface area contributed by atoms with Crippen molar-refractivity contribution in [1.29, 1.82) is 0 Å². The maximum atomic E-state index is 5.87. The van der Waals surface area contributed by atoms with Gasteiger partial charge in [-0.2, -0.15) is 0 Å². The highest BCUT2D eigenvalue weighted by molar-refractivity contribution is 5.90. The average Bonchev–Trinajstić information content (AvgIpc) is 2.43. The Bertz CT molecular complexity index is 505. The number of hydrogen-bond donors (Lipinski definition) is 0. The lowest BCUT2D eigenvalue weighted by Crippen LogP contribution is -2.01. The van der Waals surface area contributed by atoms with Gasteiger partial charge in [0.05, 0.1) is 13.2 Å². The molecule has 0 aliphatic heterocycles. The minimum atomic E-state index is 0.719. The molecule has 0 saturated heterocycles. The maximum Gasteiger partial charge on any atom is 0.168 e. The van der Waals surface area contributed by atoms with Gasteiger partial charge < -0.3 is 9.47 Å². The van der Waals surface area contributed by atoms with Crippen molar-refractivity contribution in [3.8, 4) is 11.5 Å². The highest BCUT2D eigenvalue weighted by Crippen LogP contribution is 2.35. The van der Waals surface area contributed by atoms with E-state index in [4.69, 9.17) is 9.47 Å². The third kappa shape index (κ3) is 2.76. The fourth-order valence-electron chi connectivity index (χ4n) is 1.90. The van der Waals surface area contributed by atoms with Gasteiger partial charge >= 0.3 is 0 Å². The summed E-state index contributed by atoms with van der Waals surface area (Å²) in [5.74, 6) is 1.73. The molecule has 96 valence electrons.